The van der Waals surface area contributed by atoms with Gasteiger partial charge < -0.3 is 9.73 Å². The molecule has 8 heteroatoms. The lowest BCUT2D eigenvalue weighted by Crippen LogP contribution is -2.30. The molecule has 1 fully saturated rings. The van der Waals surface area contributed by atoms with Crippen molar-refractivity contribution < 1.29 is 18.4 Å². The average molecular weight is 429 g/mol. The molecule has 0 saturated carbocycles. The molecule has 146 valence electrons. The second-order valence-electron chi connectivity index (χ2n) is 6.22. The van der Waals surface area contributed by atoms with E-state index >= 15 is 0 Å². The van der Waals surface area contributed by atoms with Crippen molar-refractivity contribution in [1.82, 2.24) is 10.2 Å². The lowest BCUT2D eigenvalue weighted by atomic mass is 10.2. The van der Waals surface area contributed by atoms with Crippen LogP contribution in [-0.2, 0) is 11.3 Å². The highest BCUT2D eigenvalue weighted by Gasteiger charge is 2.33. The van der Waals surface area contributed by atoms with Gasteiger partial charge in [-0.1, -0.05) is 35.5 Å². The van der Waals surface area contributed by atoms with Gasteiger partial charge in [0.05, 0.1) is 6.54 Å². The molecule has 0 spiro atoms. The van der Waals surface area contributed by atoms with Crippen LogP contribution >= 0.6 is 23.4 Å². The van der Waals surface area contributed by atoms with E-state index in [-0.39, 0.29) is 18.1 Å². The zero-order valence-corrected chi connectivity index (χ0v) is 16.5. The number of carbonyl (C=O) groups excluding carboxylic acids is 2. The summed E-state index contributed by atoms with van der Waals surface area (Å²) in [5, 5.41) is 3.83. The van der Waals surface area contributed by atoms with E-state index in [1.54, 1.807) is 24.3 Å². The van der Waals surface area contributed by atoms with Gasteiger partial charge in [0.2, 0.25) is 0 Å². The first-order chi connectivity index (χ1) is 14.0. The van der Waals surface area contributed by atoms with Crippen LogP contribution in [0.3, 0.4) is 0 Å². The van der Waals surface area contributed by atoms with E-state index in [2.05, 4.69) is 5.32 Å². The van der Waals surface area contributed by atoms with Crippen LogP contribution in [0.15, 0.2) is 80.8 Å². The molecule has 29 heavy (non-hydrogen) atoms. The molecule has 2 heterocycles. The van der Waals surface area contributed by atoms with Crippen LogP contribution in [0.25, 0.3) is 6.08 Å². The number of amides is 3. The lowest BCUT2D eigenvalue weighted by molar-refractivity contribution is -0.123. The number of urea groups is 1. The minimum atomic E-state index is -0.534. The van der Waals surface area contributed by atoms with Gasteiger partial charge in [0.1, 0.15) is 17.3 Å². The van der Waals surface area contributed by atoms with E-state index in [9.17, 15) is 14.0 Å². The lowest BCUT2D eigenvalue weighted by Gasteiger charge is -2.11. The topological polar surface area (TPSA) is 62.6 Å². The van der Waals surface area contributed by atoms with Gasteiger partial charge in [0.25, 0.3) is 5.91 Å². The molecule has 0 atom stereocenters. The molecule has 4 rings (SSSR count). The van der Waals surface area contributed by atoms with Crippen LogP contribution in [0.4, 0.5) is 9.18 Å². The number of carbonyl (C=O) groups is 2. The third-order valence-electron chi connectivity index (χ3n) is 4.14. The van der Waals surface area contributed by atoms with E-state index < -0.39 is 11.9 Å². The number of nitrogens with zero attached hydrogens (tertiary/aromatic N) is 1. The second-order valence-corrected chi connectivity index (χ2v) is 7.73. The van der Waals surface area contributed by atoms with Crippen LogP contribution in [-0.4, -0.2) is 16.8 Å². The summed E-state index contributed by atoms with van der Waals surface area (Å²) in [6, 6.07) is 15.9. The van der Waals surface area contributed by atoms with E-state index in [1.165, 1.54) is 42.1 Å². The van der Waals surface area contributed by atoms with Crippen LogP contribution in [0, 0.1) is 5.82 Å². The zero-order valence-electron chi connectivity index (χ0n) is 14.9. The molecule has 1 aromatic heterocycles. The maximum absolute atomic E-state index is 13.0. The van der Waals surface area contributed by atoms with E-state index in [0.29, 0.717) is 21.4 Å². The Kier molecular flexibility index (Phi) is 5.42. The Labute approximate surface area is 175 Å². The molecule has 3 aromatic rings. The van der Waals surface area contributed by atoms with Crippen LogP contribution in [0.1, 0.15) is 11.3 Å². The highest BCUT2D eigenvalue weighted by Crippen LogP contribution is 2.30. The Morgan fingerprint density at radius 1 is 1.03 bits per heavy atom. The van der Waals surface area contributed by atoms with E-state index in [1.807, 2.05) is 12.1 Å². The molecule has 0 radical (unpaired) electrons. The Balaban J connectivity index is 1.46. The minimum Gasteiger partial charge on any atom is -0.450 e. The van der Waals surface area contributed by atoms with Gasteiger partial charge >= 0.3 is 6.03 Å². The van der Waals surface area contributed by atoms with Crippen molar-refractivity contribution in [3.8, 4) is 0 Å². The molecular weight excluding hydrogens is 415 g/mol. The normalized spacial score (nSPS) is 15.2. The number of halogens is 2. The first-order valence-corrected chi connectivity index (χ1v) is 9.79. The van der Waals surface area contributed by atoms with E-state index in [0.717, 1.165) is 9.80 Å². The molecular formula is C21H14ClFN2O3S. The summed E-state index contributed by atoms with van der Waals surface area (Å²) in [5.74, 6) is -0.409. The summed E-state index contributed by atoms with van der Waals surface area (Å²) >= 11 is 7.29. The van der Waals surface area contributed by atoms with Gasteiger partial charge in [-0.05, 0) is 54.1 Å². The molecule has 5 nitrogen and oxygen atoms in total. The highest BCUT2D eigenvalue weighted by atomic mass is 35.5. The minimum absolute atomic E-state index is 0.0537. The summed E-state index contributed by atoms with van der Waals surface area (Å²) < 4.78 is 18.7. The van der Waals surface area contributed by atoms with Crippen molar-refractivity contribution in [2.45, 2.75) is 16.5 Å². The molecule has 0 aliphatic carbocycles. The summed E-state index contributed by atoms with van der Waals surface area (Å²) in [6.07, 6.45) is 1.48. The van der Waals surface area contributed by atoms with Gasteiger partial charge in [-0.2, -0.15) is 0 Å². The largest absolute Gasteiger partial charge is 0.450 e. The molecule has 2 aromatic carbocycles. The maximum Gasteiger partial charge on any atom is 0.329 e. The first kappa shape index (κ1) is 19.3. The van der Waals surface area contributed by atoms with Gasteiger partial charge in [-0.15, -0.1) is 0 Å². The van der Waals surface area contributed by atoms with Crippen molar-refractivity contribution in [2.24, 2.45) is 0 Å². The molecule has 1 N–H and O–H groups in total. The zero-order chi connectivity index (χ0) is 20.4. The number of benzene rings is 2. The fourth-order valence-electron chi connectivity index (χ4n) is 2.72. The quantitative estimate of drug-likeness (QED) is 0.441. The molecule has 0 bridgehead atoms. The Hall–Kier alpha value is -3.03. The van der Waals surface area contributed by atoms with Crippen molar-refractivity contribution >= 4 is 41.4 Å². The van der Waals surface area contributed by atoms with Crippen molar-refractivity contribution in [2.75, 3.05) is 0 Å². The van der Waals surface area contributed by atoms with Gasteiger partial charge in [0, 0.05) is 16.0 Å². The number of rotatable bonds is 5. The van der Waals surface area contributed by atoms with Crippen LogP contribution in [0.5, 0.6) is 0 Å². The maximum atomic E-state index is 13.0. The van der Waals surface area contributed by atoms with Crippen LogP contribution in [0.2, 0.25) is 5.02 Å². The SMILES string of the molecule is O=C1N/C(=C/c2ccc(Sc3ccc(Cl)cc3)o2)C(=O)N1Cc1ccc(F)cc1. The Morgan fingerprint density at radius 3 is 2.48 bits per heavy atom. The molecule has 1 saturated heterocycles. The van der Waals surface area contributed by atoms with Gasteiger partial charge in [0.15, 0.2) is 5.09 Å². The van der Waals surface area contributed by atoms with Gasteiger partial charge in [-0.3, -0.25) is 9.69 Å². The average Bonchev–Trinajstić information content (AvgIpc) is 3.25. The van der Waals surface area contributed by atoms with Crippen molar-refractivity contribution in [3.05, 3.63) is 88.5 Å². The Morgan fingerprint density at radius 2 is 1.76 bits per heavy atom. The number of furan rings is 1. The number of imide groups is 1. The summed E-state index contributed by atoms with van der Waals surface area (Å²) in [4.78, 5) is 26.7. The van der Waals surface area contributed by atoms with Crippen molar-refractivity contribution in [3.63, 3.8) is 0 Å². The summed E-state index contributed by atoms with van der Waals surface area (Å²) in [6.45, 7) is 0.0537. The van der Waals surface area contributed by atoms with Crippen molar-refractivity contribution in [1.29, 1.82) is 0 Å². The third kappa shape index (κ3) is 4.52. The van der Waals surface area contributed by atoms with Crippen LogP contribution < -0.4 is 5.32 Å². The predicted molar refractivity (Wildman–Crippen MR) is 108 cm³/mol. The van der Waals surface area contributed by atoms with Gasteiger partial charge in [-0.25, -0.2) is 9.18 Å². The fraction of sp³-hybridized carbons (Fsp3) is 0.0476. The highest BCUT2D eigenvalue weighted by molar-refractivity contribution is 7.99. The standard InChI is InChI=1S/C21H14ClFN2O3S/c22-14-3-8-17(9-4-14)29-19-10-7-16(28-19)11-18-20(26)25(21(27)24-18)12-13-1-5-15(23)6-2-13/h1-11H,12H2,(H,24,27)/b18-11+. The fourth-order valence-corrected chi connectivity index (χ4v) is 3.62. The molecule has 0 unspecified atom stereocenters. The summed E-state index contributed by atoms with van der Waals surface area (Å²) in [7, 11) is 0. The predicted octanol–water partition coefficient (Wildman–Crippen LogP) is 5.32. The monoisotopic (exact) mass is 428 g/mol. The Bertz CT molecular complexity index is 1090. The number of hydrogen-bond donors (Lipinski definition) is 1. The molecule has 1 aliphatic rings. The number of nitrogens with one attached hydrogen (secondary N) is 1. The van der Waals surface area contributed by atoms with E-state index in [4.69, 9.17) is 16.0 Å². The number of hydrogen-bond acceptors (Lipinski definition) is 4. The third-order valence-corrected chi connectivity index (χ3v) is 5.32. The summed E-state index contributed by atoms with van der Waals surface area (Å²) in [5.41, 5.74) is 0.769. The first-order valence-electron chi connectivity index (χ1n) is 8.60. The molecule has 1 aliphatic heterocycles. The smallest absolute Gasteiger partial charge is 0.329 e. The molecule has 3 amide bonds. The second kappa shape index (κ2) is 8.14.